The molecule has 114 valence electrons. The minimum Gasteiger partial charge on any atom is -0.497 e. The lowest BCUT2D eigenvalue weighted by molar-refractivity contribution is -0.142. The molecular weight excluding hydrogens is 278 g/mol. The van der Waals surface area contributed by atoms with Gasteiger partial charge >= 0.3 is 0 Å². The van der Waals surface area contributed by atoms with Crippen LogP contribution < -0.4 is 9.47 Å². The van der Waals surface area contributed by atoms with Crippen LogP contribution in [-0.4, -0.2) is 31.6 Å². The molecule has 0 spiro atoms. The number of rotatable bonds is 5. The summed E-state index contributed by atoms with van der Waals surface area (Å²) < 4.78 is 10.4. The largest absolute Gasteiger partial charge is 0.497 e. The molecule has 0 aromatic heterocycles. The molecule has 2 aromatic rings. The van der Waals surface area contributed by atoms with E-state index in [1.165, 1.54) is 0 Å². The average molecular weight is 297 g/mol. The first-order valence-electron chi connectivity index (χ1n) is 7.30. The Balaban J connectivity index is 1.96. The summed E-state index contributed by atoms with van der Waals surface area (Å²) in [6.45, 7) is 0.793. The summed E-state index contributed by atoms with van der Waals surface area (Å²) in [6.07, 6.45) is 0.628. The van der Waals surface area contributed by atoms with Crippen LogP contribution in [0.15, 0.2) is 48.5 Å². The smallest absolute Gasteiger partial charge is 0.225 e. The van der Waals surface area contributed by atoms with E-state index < -0.39 is 0 Å². The van der Waals surface area contributed by atoms with Crippen LogP contribution in [0.25, 0.3) is 0 Å². The van der Waals surface area contributed by atoms with Gasteiger partial charge in [0.2, 0.25) is 5.91 Å². The SMILES string of the molecule is COc1ccc(C(c2ccc(OC)cc2)N2CCC2=O)cc1. The molecule has 0 atom stereocenters. The van der Waals surface area contributed by atoms with Gasteiger partial charge in [0.15, 0.2) is 0 Å². The van der Waals surface area contributed by atoms with Crippen LogP contribution in [0.3, 0.4) is 0 Å². The van der Waals surface area contributed by atoms with Gasteiger partial charge in [-0.3, -0.25) is 4.79 Å². The van der Waals surface area contributed by atoms with Crippen LogP contribution >= 0.6 is 0 Å². The maximum absolute atomic E-state index is 11.9. The van der Waals surface area contributed by atoms with E-state index in [9.17, 15) is 4.79 Å². The van der Waals surface area contributed by atoms with Crippen LogP contribution in [0.1, 0.15) is 23.6 Å². The highest BCUT2D eigenvalue weighted by Crippen LogP contribution is 2.34. The molecule has 3 rings (SSSR count). The summed E-state index contributed by atoms with van der Waals surface area (Å²) in [4.78, 5) is 13.8. The topological polar surface area (TPSA) is 38.8 Å². The van der Waals surface area contributed by atoms with Crippen molar-refractivity contribution < 1.29 is 14.3 Å². The summed E-state index contributed by atoms with van der Waals surface area (Å²) in [5.41, 5.74) is 2.16. The predicted octanol–water partition coefficient (Wildman–Crippen LogP) is 3.03. The number of likely N-dealkylation sites (tertiary alicyclic amines) is 1. The third-order valence-corrected chi connectivity index (χ3v) is 4.06. The molecular formula is C18H19NO3. The van der Waals surface area contributed by atoms with E-state index in [2.05, 4.69) is 0 Å². The Bertz CT molecular complexity index is 602. The Morgan fingerprint density at radius 3 is 1.59 bits per heavy atom. The Morgan fingerprint density at radius 1 is 0.864 bits per heavy atom. The summed E-state index contributed by atoms with van der Waals surface area (Å²) in [5.74, 6) is 1.82. The minimum absolute atomic E-state index is 0.0573. The number of hydrogen-bond acceptors (Lipinski definition) is 3. The maximum atomic E-state index is 11.9. The van der Waals surface area contributed by atoms with Gasteiger partial charge in [0.25, 0.3) is 0 Å². The molecule has 1 saturated heterocycles. The fourth-order valence-corrected chi connectivity index (χ4v) is 2.73. The van der Waals surface area contributed by atoms with Crippen molar-refractivity contribution in [3.63, 3.8) is 0 Å². The molecule has 0 saturated carbocycles. The van der Waals surface area contributed by atoms with Gasteiger partial charge in [-0.2, -0.15) is 0 Å². The second-order valence-electron chi connectivity index (χ2n) is 5.29. The van der Waals surface area contributed by atoms with E-state index in [1.807, 2.05) is 53.4 Å². The quantitative estimate of drug-likeness (QED) is 0.796. The molecule has 1 fully saturated rings. The fourth-order valence-electron chi connectivity index (χ4n) is 2.73. The van der Waals surface area contributed by atoms with E-state index in [0.29, 0.717) is 6.42 Å². The maximum Gasteiger partial charge on any atom is 0.225 e. The summed E-state index contributed by atoms with van der Waals surface area (Å²) in [7, 11) is 3.30. The van der Waals surface area contributed by atoms with Crippen LogP contribution in [0.4, 0.5) is 0 Å². The number of β-lactam (4-membered cyclic amide) rings is 1. The third kappa shape index (κ3) is 2.64. The lowest BCUT2D eigenvalue weighted by atomic mass is 9.94. The molecule has 1 heterocycles. The minimum atomic E-state index is -0.0573. The fraction of sp³-hybridized carbons (Fsp3) is 0.278. The average Bonchev–Trinajstić information content (AvgIpc) is 2.58. The number of methoxy groups -OCH3 is 2. The number of carbonyl (C=O) groups is 1. The van der Waals surface area contributed by atoms with Crippen LogP contribution in [0.2, 0.25) is 0 Å². The zero-order valence-corrected chi connectivity index (χ0v) is 12.8. The first kappa shape index (κ1) is 14.4. The zero-order chi connectivity index (χ0) is 15.5. The highest BCUT2D eigenvalue weighted by molar-refractivity contribution is 5.82. The van der Waals surface area contributed by atoms with Gasteiger partial charge in [-0.05, 0) is 35.4 Å². The Hall–Kier alpha value is -2.49. The van der Waals surface area contributed by atoms with Crippen LogP contribution in [0, 0.1) is 0 Å². The van der Waals surface area contributed by atoms with Gasteiger partial charge in [0.05, 0.1) is 20.3 Å². The molecule has 22 heavy (non-hydrogen) atoms. The van der Waals surface area contributed by atoms with E-state index in [4.69, 9.17) is 9.47 Å². The Kier molecular flexibility index (Phi) is 4.00. The van der Waals surface area contributed by atoms with Crippen molar-refractivity contribution in [2.24, 2.45) is 0 Å². The molecule has 0 aliphatic carbocycles. The summed E-state index contributed by atoms with van der Waals surface area (Å²) in [5, 5.41) is 0. The summed E-state index contributed by atoms with van der Waals surface area (Å²) in [6, 6.07) is 15.7. The highest BCUT2D eigenvalue weighted by Gasteiger charge is 2.33. The standard InChI is InChI=1S/C18H19NO3/c1-21-15-7-3-13(4-8-15)18(19-12-11-17(19)20)14-5-9-16(22-2)10-6-14/h3-10,18H,11-12H2,1-2H3. The summed E-state index contributed by atoms with van der Waals surface area (Å²) >= 11 is 0. The van der Waals surface area contributed by atoms with Gasteiger partial charge in [-0.25, -0.2) is 0 Å². The van der Waals surface area contributed by atoms with Crippen molar-refractivity contribution in [2.75, 3.05) is 20.8 Å². The van der Waals surface area contributed by atoms with Gasteiger partial charge in [0, 0.05) is 13.0 Å². The monoisotopic (exact) mass is 297 g/mol. The molecule has 1 aliphatic heterocycles. The molecule has 0 radical (unpaired) electrons. The van der Waals surface area contributed by atoms with Gasteiger partial charge in [0.1, 0.15) is 11.5 Å². The molecule has 1 aliphatic rings. The molecule has 4 nitrogen and oxygen atoms in total. The molecule has 2 aromatic carbocycles. The third-order valence-electron chi connectivity index (χ3n) is 4.06. The lowest BCUT2D eigenvalue weighted by Crippen LogP contribution is -2.46. The van der Waals surface area contributed by atoms with Gasteiger partial charge in [-0.1, -0.05) is 24.3 Å². The first-order valence-corrected chi connectivity index (χ1v) is 7.30. The van der Waals surface area contributed by atoms with E-state index in [0.717, 1.165) is 29.2 Å². The van der Waals surface area contributed by atoms with Crippen molar-refractivity contribution in [3.05, 3.63) is 59.7 Å². The molecule has 0 unspecified atom stereocenters. The van der Waals surface area contributed by atoms with Crippen molar-refractivity contribution in [3.8, 4) is 11.5 Å². The second kappa shape index (κ2) is 6.10. The van der Waals surface area contributed by atoms with Crippen molar-refractivity contribution in [1.29, 1.82) is 0 Å². The van der Waals surface area contributed by atoms with Crippen LogP contribution in [0.5, 0.6) is 11.5 Å². The second-order valence-corrected chi connectivity index (χ2v) is 5.29. The number of amides is 1. The van der Waals surface area contributed by atoms with Crippen molar-refractivity contribution in [1.82, 2.24) is 4.90 Å². The Labute approximate surface area is 130 Å². The number of carbonyl (C=O) groups excluding carboxylic acids is 1. The van der Waals surface area contributed by atoms with E-state index in [1.54, 1.807) is 14.2 Å². The first-order chi connectivity index (χ1) is 10.7. The van der Waals surface area contributed by atoms with Gasteiger partial charge < -0.3 is 14.4 Å². The van der Waals surface area contributed by atoms with E-state index >= 15 is 0 Å². The number of hydrogen-bond donors (Lipinski definition) is 0. The number of ether oxygens (including phenoxy) is 2. The predicted molar refractivity (Wildman–Crippen MR) is 84.2 cm³/mol. The molecule has 0 N–H and O–H groups in total. The van der Waals surface area contributed by atoms with Crippen LogP contribution in [-0.2, 0) is 4.79 Å². The van der Waals surface area contributed by atoms with E-state index in [-0.39, 0.29) is 11.9 Å². The molecule has 0 bridgehead atoms. The van der Waals surface area contributed by atoms with Crippen molar-refractivity contribution >= 4 is 5.91 Å². The normalized spacial score (nSPS) is 14.0. The highest BCUT2D eigenvalue weighted by atomic mass is 16.5. The molecule has 4 heteroatoms. The zero-order valence-electron chi connectivity index (χ0n) is 12.8. The number of benzene rings is 2. The number of nitrogens with zero attached hydrogens (tertiary/aromatic N) is 1. The molecule has 1 amide bonds. The van der Waals surface area contributed by atoms with Crippen molar-refractivity contribution in [2.45, 2.75) is 12.5 Å². The lowest BCUT2D eigenvalue weighted by Gasteiger charge is -2.39. The van der Waals surface area contributed by atoms with Gasteiger partial charge in [-0.15, -0.1) is 0 Å². The Morgan fingerprint density at radius 2 is 1.32 bits per heavy atom.